The number of hydrogen-bond acceptors (Lipinski definition) is 6. The van der Waals surface area contributed by atoms with Gasteiger partial charge in [-0.2, -0.15) is 0 Å². The van der Waals surface area contributed by atoms with Gasteiger partial charge in [-0.15, -0.1) is 0 Å². The van der Waals surface area contributed by atoms with Crippen molar-refractivity contribution in [2.24, 2.45) is 0 Å². The lowest BCUT2D eigenvalue weighted by molar-refractivity contribution is -0.129. The first kappa shape index (κ1) is 22.1. The fraction of sp³-hybridized carbons (Fsp3) is 0.250. The Morgan fingerprint density at radius 3 is 2.66 bits per heavy atom. The van der Waals surface area contributed by atoms with Crippen LogP contribution in [-0.4, -0.2) is 58.9 Å². The van der Waals surface area contributed by atoms with E-state index < -0.39 is 23.5 Å². The predicted octanol–water partition coefficient (Wildman–Crippen LogP) is 4.43. The number of carbonyl (C=O) groups is 2. The zero-order chi connectivity index (χ0) is 23.0. The maximum absolute atomic E-state index is 13.5. The number of phenols is 1. The molecule has 1 unspecified atom stereocenters. The number of amides is 1. The number of rotatable bonds is 7. The smallest absolute Gasteiger partial charge is 0.290 e. The van der Waals surface area contributed by atoms with Gasteiger partial charge in [0.15, 0.2) is 11.5 Å². The molecule has 1 aromatic heterocycles. The van der Waals surface area contributed by atoms with Gasteiger partial charge in [0.1, 0.15) is 11.3 Å². The molecule has 0 bridgehead atoms. The molecule has 7 nitrogen and oxygen atoms in total. The largest absolute Gasteiger partial charge is 0.508 e. The number of Topliss-reactive ketones (excluding diaryl/α,β-unsaturated/α-hetero) is 1. The molecule has 1 atom stereocenters. The number of aliphatic hydroxyl groups excluding tert-OH is 1. The summed E-state index contributed by atoms with van der Waals surface area (Å²) in [4.78, 5) is 29.9. The molecule has 2 N–H and O–H groups in total. The lowest BCUT2D eigenvalue weighted by Gasteiger charge is -2.27. The van der Waals surface area contributed by atoms with E-state index in [4.69, 9.17) is 4.42 Å². The van der Waals surface area contributed by atoms with Crippen LogP contribution >= 0.6 is 15.9 Å². The van der Waals surface area contributed by atoms with Crippen molar-refractivity contribution in [1.82, 2.24) is 9.80 Å². The van der Waals surface area contributed by atoms with E-state index >= 15 is 0 Å². The summed E-state index contributed by atoms with van der Waals surface area (Å²) >= 11 is 3.40. The van der Waals surface area contributed by atoms with Gasteiger partial charge in [0.2, 0.25) is 5.78 Å². The van der Waals surface area contributed by atoms with Crippen molar-refractivity contribution in [2.75, 3.05) is 27.2 Å². The van der Waals surface area contributed by atoms with Gasteiger partial charge >= 0.3 is 0 Å². The van der Waals surface area contributed by atoms with E-state index in [9.17, 15) is 19.8 Å². The van der Waals surface area contributed by atoms with Crippen LogP contribution in [-0.2, 0) is 4.79 Å². The molecule has 0 radical (unpaired) electrons. The fourth-order valence-corrected chi connectivity index (χ4v) is 4.35. The molecule has 1 aliphatic rings. The van der Waals surface area contributed by atoms with Crippen LogP contribution in [0.2, 0.25) is 0 Å². The minimum Gasteiger partial charge on any atom is -0.508 e. The van der Waals surface area contributed by atoms with Crippen molar-refractivity contribution in [3.8, 4) is 5.75 Å². The van der Waals surface area contributed by atoms with Crippen LogP contribution in [0.5, 0.6) is 5.75 Å². The second kappa shape index (κ2) is 8.80. The quantitative estimate of drug-likeness (QED) is 0.468. The molecular formula is C24H23BrN2O5. The first-order chi connectivity index (χ1) is 15.3. The summed E-state index contributed by atoms with van der Waals surface area (Å²) in [5.74, 6) is -1.72. The van der Waals surface area contributed by atoms with Gasteiger partial charge in [0.05, 0.1) is 11.6 Å². The van der Waals surface area contributed by atoms with Gasteiger partial charge in [-0.1, -0.05) is 28.1 Å². The number of phenolic OH excluding ortho intramolecular Hbond substituents is 1. The van der Waals surface area contributed by atoms with E-state index in [1.165, 1.54) is 17.0 Å². The molecule has 4 rings (SSSR count). The van der Waals surface area contributed by atoms with Crippen LogP contribution in [0.3, 0.4) is 0 Å². The van der Waals surface area contributed by atoms with Gasteiger partial charge in [-0.3, -0.25) is 9.59 Å². The summed E-state index contributed by atoms with van der Waals surface area (Å²) in [7, 11) is 3.87. The summed E-state index contributed by atoms with van der Waals surface area (Å²) in [6.45, 7) is 1.07. The third-order valence-electron chi connectivity index (χ3n) is 5.44. The van der Waals surface area contributed by atoms with E-state index in [1.807, 2.05) is 25.1 Å². The summed E-state index contributed by atoms with van der Waals surface area (Å²) in [6.07, 6.45) is 0.654. The maximum atomic E-state index is 13.5. The standard InChI is InChI=1S/C24H23BrN2O5/c1-26(2)9-4-10-27-21(14-5-3-6-17(28)12-14)20(23(30)24(27)31)22(29)19-13-15-11-16(25)7-8-18(15)32-19/h3,5-8,11-13,21,28,30H,4,9-10H2,1-2H3. The Morgan fingerprint density at radius 1 is 1.16 bits per heavy atom. The average molecular weight is 499 g/mol. The number of benzene rings is 2. The number of fused-ring (bicyclic) bond motifs is 1. The highest BCUT2D eigenvalue weighted by Gasteiger charge is 2.44. The van der Waals surface area contributed by atoms with Crippen molar-refractivity contribution in [3.63, 3.8) is 0 Å². The Kier molecular flexibility index (Phi) is 6.08. The molecule has 1 aliphatic heterocycles. The molecule has 8 heteroatoms. The van der Waals surface area contributed by atoms with Crippen molar-refractivity contribution in [3.05, 3.63) is 75.7 Å². The van der Waals surface area contributed by atoms with Crippen LogP contribution < -0.4 is 0 Å². The van der Waals surface area contributed by atoms with Crippen LogP contribution in [0.4, 0.5) is 0 Å². The number of carbonyl (C=O) groups excluding carboxylic acids is 2. The minimum absolute atomic E-state index is 0.00923. The highest BCUT2D eigenvalue weighted by atomic mass is 79.9. The minimum atomic E-state index is -0.829. The molecule has 1 amide bonds. The third-order valence-corrected chi connectivity index (χ3v) is 5.93. The van der Waals surface area contributed by atoms with Gasteiger partial charge in [-0.05, 0) is 69.0 Å². The molecular weight excluding hydrogens is 476 g/mol. The van der Waals surface area contributed by atoms with E-state index in [2.05, 4.69) is 15.9 Å². The Morgan fingerprint density at radius 2 is 1.94 bits per heavy atom. The number of nitrogens with zero attached hydrogens (tertiary/aromatic N) is 2. The number of aliphatic hydroxyl groups is 1. The van der Waals surface area contributed by atoms with Crippen LogP contribution in [0, 0.1) is 0 Å². The van der Waals surface area contributed by atoms with Gasteiger partial charge in [-0.25, -0.2) is 0 Å². The second-order valence-electron chi connectivity index (χ2n) is 8.04. The number of hydrogen-bond donors (Lipinski definition) is 2. The summed E-state index contributed by atoms with van der Waals surface area (Å²) in [6, 6.07) is 12.5. The lowest BCUT2D eigenvalue weighted by Crippen LogP contribution is -2.33. The number of aromatic hydroxyl groups is 1. The van der Waals surface area contributed by atoms with Crippen molar-refractivity contribution in [1.29, 1.82) is 0 Å². The zero-order valence-electron chi connectivity index (χ0n) is 17.7. The maximum Gasteiger partial charge on any atom is 0.290 e. The Bertz CT molecular complexity index is 1230. The predicted molar refractivity (Wildman–Crippen MR) is 124 cm³/mol. The van der Waals surface area contributed by atoms with Crippen molar-refractivity contribution in [2.45, 2.75) is 12.5 Å². The van der Waals surface area contributed by atoms with Gasteiger partial charge < -0.3 is 24.4 Å². The van der Waals surface area contributed by atoms with Crippen LogP contribution in [0.25, 0.3) is 11.0 Å². The highest BCUT2D eigenvalue weighted by Crippen LogP contribution is 2.40. The van der Waals surface area contributed by atoms with E-state index in [0.717, 1.165) is 16.4 Å². The highest BCUT2D eigenvalue weighted by molar-refractivity contribution is 9.10. The Hall–Kier alpha value is -3.10. The molecule has 32 heavy (non-hydrogen) atoms. The first-order valence-electron chi connectivity index (χ1n) is 10.2. The summed E-state index contributed by atoms with van der Waals surface area (Å²) in [5, 5.41) is 21.5. The summed E-state index contributed by atoms with van der Waals surface area (Å²) in [5.41, 5.74) is 1.01. The van der Waals surface area contributed by atoms with Crippen LogP contribution in [0.1, 0.15) is 28.6 Å². The molecule has 0 saturated carbocycles. The fourth-order valence-electron chi connectivity index (χ4n) is 3.97. The van der Waals surface area contributed by atoms with E-state index in [-0.39, 0.29) is 17.1 Å². The zero-order valence-corrected chi connectivity index (χ0v) is 19.3. The van der Waals surface area contributed by atoms with Crippen LogP contribution in [0.15, 0.2) is 68.8 Å². The van der Waals surface area contributed by atoms with E-state index in [1.54, 1.807) is 30.3 Å². The first-order valence-corrected chi connectivity index (χ1v) is 11.0. The number of furan rings is 1. The molecule has 0 aliphatic carbocycles. The van der Waals surface area contributed by atoms with Crippen molar-refractivity contribution < 1.29 is 24.2 Å². The monoisotopic (exact) mass is 498 g/mol. The topological polar surface area (TPSA) is 94.2 Å². The third kappa shape index (κ3) is 4.16. The normalized spacial score (nSPS) is 16.6. The van der Waals surface area contributed by atoms with Gasteiger partial charge in [0, 0.05) is 16.4 Å². The Balaban J connectivity index is 1.76. The molecule has 2 heterocycles. The van der Waals surface area contributed by atoms with E-state index in [0.29, 0.717) is 24.1 Å². The second-order valence-corrected chi connectivity index (χ2v) is 8.95. The average Bonchev–Trinajstić information content (AvgIpc) is 3.27. The van der Waals surface area contributed by atoms with Gasteiger partial charge in [0.25, 0.3) is 5.91 Å². The van der Waals surface area contributed by atoms with Crippen molar-refractivity contribution >= 4 is 38.6 Å². The molecule has 0 fully saturated rings. The number of ketones is 1. The summed E-state index contributed by atoms with van der Waals surface area (Å²) < 4.78 is 6.58. The SMILES string of the molecule is CN(C)CCCN1C(=O)C(O)=C(C(=O)c2cc3cc(Br)ccc3o2)C1c1cccc(O)c1. The molecule has 0 spiro atoms. The molecule has 166 valence electrons. The molecule has 0 saturated heterocycles. The molecule has 2 aromatic carbocycles. The molecule has 3 aromatic rings. The lowest BCUT2D eigenvalue weighted by atomic mass is 9.94. The number of halogens is 1. The Labute approximate surface area is 193 Å².